The minimum atomic E-state index is -0.507. The van der Waals surface area contributed by atoms with Crippen molar-refractivity contribution in [2.45, 2.75) is 32.4 Å². The van der Waals surface area contributed by atoms with Gasteiger partial charge >= 0.3 is 5.69 Å². The number of rotatable bonds is 4. The molecule has 1 N–H and O–H groups in total. The van der Waals surface area contributed by atoms with E-state index in [1.165, 1.54) is 26.0 Å². The van der Waals surface area contributed by atoms with E-state index in [-0.39, 0.29) is 24.1 Å². The number of benzene rings is 2. The molecule has 4 aromatic rings. The van der Waals surface area contributed by atoms with Gasteiger partial charge in [0.25, 0.3) is 5.56 Å². The summed E-state index contributed by atoms with van der Waals surface area (Å²) in [5, 5.41) is 4.84. The summed E-state index contributed by atoms with van der Waals surface area (Å²) in [6, 6.07) is 17.0. The fourth-order valence-corrected chi connectivity index (χ4v) is 5.18. The highest BCUT2D eigenvalue weighted by atomic mass is 32.1. The molecule has 0 unspecified atom stereocenters. The molecule has 156 valence electrons. The third-order valence-corrected chi connectivity index (χ3v) is 6.77. The minimum absolute atomic E-state index is 0.0559. The van der Waals surface area contributed by atoms with Crippen LogP contribution in [0.1, 0.15) is 29.2 Å². The second kappa shape index (κ2) is 7.67. The van der Waals surface area contributed by atoms with Crippen molar-refractivity contribution < 1.29 is 4.79 Å². The quantitative estimate of drug-likeness (QED) is 0.539. The Bertz CT molecular complexity index is 1430. The molecule has 1 aliphatic carbocycles. The van der Waals surface area contributed by atoms with Crippen molar-refractivity contribution >= 4 is 27.5 Å². The first kappa shape index (κ1) is 19.5. The van der Waals surface area contributed by atoms with Gasteiger partial charge in [0.1, 0.15) is 11.2 Å². The second-order valence-corrected chi connectivity index (χ2v) is 8.70. The highest BCUT2D eigenvalue weighted by Gasteiger charge is 2.24. The number of carbonyl (C=O) groups excluding carboxylic acids is 1. The second-order valence-electron chi connectivity index (χ2n) is 7.79. The van der Waals surface area contributed by atoms with Crippen molar-refractivity contribution in [2.75, 3.05) is 0 Å². The van der Waals surface area contributed by atoms with Gasteiger partial charge < -0.3 is 5.32 Å². The van der Waals surface area contributed by atoms with Crippen LogP contribution in [0.25, 0.3) is 15.9 Å². The molecule has 0 fully saturated rings. The van der Waals surface area contributed by atoms with E-state index in [4.69, 9.17) is 0 Å². The lowest BCUT2D eigenvalue weighted by atomic mass is 10.1. The molecular formula is C24H21N3O3S. The van der Waals surface area contributed by atoms with E-state index >= 15 is 0 Å². The fraction of sp³-hybridized carbons (Fsp3) is 0.208. The number of hydrogen-bond acceptors (Lipinski definition) is 4. The van der Waals surface area contributed by atoms with Crippen molar-refractivity contribution in [3.8, 4) is 5.69 Å². The smallest absolute Gasteiger partial charge is 0.336 e. The summed E-state index contributed by atoms with van der Waals surface area (Å²) in [4.78, 5) is 39.4. The zero-order chi connectivity index (χ0) is 21.5. The van der Waals surface area contributed by atoms with Gasteiger partial charge in [-0.2, -0.15) is 0 Å². The Hall–Kier alpha value is -3.45. The van der Waals surface area contributed by atoms with E-state index in [1.54, 1.807) is 23.6 Å². The van der Waals surface area contributed by atoms with Gasteiger partial charge in [0.2, 0.25) is 5.91 Å². The molecule has 5 rings (SSSR count). The van der Waals surface area contributed by atoms with Gasteiger partial charge in [-0.1, -0.05) is 42.5 Å². The number of aryl methyl sites for hydroxylation is 2. The lowest BCUT2D eigenvalue weighted by molar-refractivity contribution is -0.122. The highest BCUT2D eigenvalue weighted by Crippen LogP contribution is 2.30. The first-order chi connectivity index (χ1) is 15.0. The van der Waals surface area contributed by atoms with Gasteiger partial charge in [-0.25, -0.2) is 9.36 Å². The van der Waals surface area contributed by atoms with Crippen molar-refractivity contribution in [3.63, 3.8) is 0 Å². The molecule has 0 aliphatic heterocycles. The Morgan fingerprint density at radius 2 is 1.87 bits per heavy atom. The molecule has 0 saturated carbocycles. The molecule has 0 spiro atoms. The molecule has 2 aromatic carbocycles. The van der Waals surface area contributed by atoms with E-state index in [0.29, 0.717) is 15.9 Å². The number of fused-ring (bicyclic) bond motifs is 2. The molecule has 31 heavy (non-hydrogen) atoms. The number of hydrogen-bond donors (Lipinski definition) is 1. The maximum atomic E-state index is 13.4. The van der Waals surface area contributed by atoms with E-state index in [9.17, 15) is 14.4 Å². The zero-order valence-electron chi connectivity index (χ0n) is 17.0. The molecule has 7 heteroatoms. The van der Waals surface area contributed by atoms with Crippen LogP contribution in [-0.2, 0) is 17.8 Å². The van der Waals surface area contributed by atoms with Crippen molar-refractivity contribution in [1.29, 1.82) is 0 Å². The number of amides is 1. The average molecular weight is 432 g/mol. The van der Waals surface area contributed by atoms with Gasteiger partial charge in [-0.05, 0) is 54.0 Å². The van der Waals surface area contributed by atoms with Crippen LogP contribution in [0.15, 0.2) is 69.6 Å². The fourth-order valence-electron chi connectivity index (χ4n) is 4.36. The number of aromatic nitrogens is 2. The molecule has 2 aromatic heterocycles. The number of carbonyl (C=O) groups is 1. The third-order valence-electron chi connectivity index (χ3n) is 5.88. The number of para-hydroxylation sites is 1. The van der Waals surface area contributed by atoms with Crippen LogP contribution in [0.2, 0.25) is 0 Å². The van der Waals surface area contributed by atoms with Crippen molar-refractivity contribution in [1.82, 2.24) is 14.5 Å². The molecule has 0 radical (unpaired) electrons. The summed E-state index contributed by atoms with van der Waals surface area (Å²) < 4.78 is 3.03. The van der Waals surface area contributed by atoms with Gasteiger partial charge in [0.05, 0.1) is 17.2 Å². The topological polar surface area (TPSA) is 73.1 Å². The standard InChI is InChI=1S/C24H21N3O3S/c1-15-6-2-5-9-19(15)27-23(29)22-20(12-13-31-22)26(24(27)30)14-21(28)25-18-11-10-16-7-3-4-8-17(16)18/h2-9,12-13,18H,10-11,14H2,1H3,(H,25,28)/t18-/m1/s1. The maximum absolute atomic E-state index is 13.4. The molecule has 2 heterocycles. The summed E-state index contributed by atoms with van der Waals surface area (Å²) in [7, 11) is 0. The van der Waals surface area contributed by atoms with Crippen molar-refractivity contribution in [2.24, 2.45) is 0 Å². The van der Waals surface area contributed by atoms with E-state index in [0.717, 1.165) is 24.0 Å². The lowest BCUT2D eigenvalue weighted by Gasteiger charge is -2.16. The monoisotopic (exact) mass is 431 g/mol. The van der Waals surface area contributed by atoms with Crippen LogP contribution in [0, 0.1) is 6.92 Å². The van der Waals surface area contributed by atoms with Crippen LogP contribution >= 0.6 is 11.3 Å². The molecule has 1 amide bonds. The molecular weight excluding hydrogens is 410 g/mol. The maximum Gasteiger partial charge on any atom is 0.336 e. The van der Waals surface area contributed by atoms with Crippen LogP contribution in [0.3, 0.4) is 0 Å². The summed E-state index contributed by atoms with van der Waals surface area (Å²) in [6.07, 6.45) is 1.77. The Kier molecular flexibility index (Phi) is 4.82. The van der Waals surface area contributed by atoms with Gasteiger partial charge in [0.15, 0.2) is 0 Å². The normalized spacial score (nSPS) is 15.2. The number of nitrogens with zero attached hydrogens (tertiary/aromatic N) is 2. The van der Waals surface area contributed by atoms with Crippen molar-refractivity contribution in [3.05, 3.63) is 97.5 Å². The molecule has 1 atom stereocenters. The predicted molar refractivity (Wildman–Crippen MR) is 122 cm³/mol. The first-order valence-electron chi connectivity index (χ1n) is 10.2. The van der Waals surface area contributed by atoms with Crippen LogP contribution in [0.4, 0.5) is 0 Å². The Morgan fingerprint density at radius 3 is 2.71 bits per heavy atom. The van der Waals surface area contributed by atoms with Gasteiger partial charge in [-0.3, -0.25) is 14.2 Å². The first-order valence-corrected chi connectivity index (χ1v) is 11.1. The van der Waals surface area contributed by atoms with Crippen LogP contribution in [-0.4, -0.2) is 15.0 Å². The predicted octanol–water partition coefficient (Wildman–Crippen LogP) is 3.33. The largest absolute Gasteiger partial charge is 0.348 e. The molecule has 0 saturated heterocycles. The van der Waals surface area contributed by atoms with Gasteiger partial charge in [-0.15, -0.1) is 11.3 Å². The average Bonchev–Trinajstić information content (AvgIpc) is 3.41. The van der Waals surface area contributed by atoms with Crippen LogP contribution in [0.5, 0.6) is 0 Å². The Balaban J connectivity index is 1.54. The Morgan fingerprint density at radius 1 is 1.10 bits per heavy atom. The molecule has 0 bridgehead atoms. The Labute approximate surface area is 182 Å². The lowest BCUT2D eigenvalue weighted by Crippen LogP contribution is -2.42. The highest BCUT2D eigenvalue weighted by molar-refractivity contribution is 7.17. The van der Waals surface area contributed by atoms with E-state index in [1.807, 2.05) is 37.3 Å². The summed E-state index contributed by atoms with van der Waals surface area (Å²) in [5.41, 5.74) is 3.36. The number of nitrogens with one attached hydrogen (secondary N) is 1. The summed E-state index contributed by atoms with van der Waals surface area (Å²) in [6.45, 7) is 1.71. The van der Waals surface area contributed by atoms with Gasteiger partial charge in [0, 0.05) is 0 Å². The minimum Gasteiger partial charge on any atom is -0.348 e. The SMILES string of the molecule is Cc1ccccc1-n1c(=O)c2sccc2n(CC(=O)N[C@@H]2CCc3ccccc32)c1=O. The molecule has 6 nitrogen and oxygen atoms in total. The molecule has 1 aliphatic rings. The van der Waals surface area contributed by atoms with E-state index in [2.05, 4.69) is 11.4 Å². The zero-order valence-corrected chi connectivity index (χ0v) is 17.8. The van der Waals surface area contributed by atoms with Crippen LogP contribution < -0.4 is 16.6 Å². The number of thiophene rings is 1. The summed E-state index contributed by atoms with van der Waals surface area (Å²) >= 11 is 1.28. The third kappa shape index (κ3) is 3.31. The van der Waals surface area contributed by atoms with E-state index < -0.39 is 5.69 Å². The summed E-state index contributed by atoms with van der Waals surface area (Å²) in [5.74, 6) is -0.244.